The Morgan fingerprint density at radius 2 is 1.97 bits per heavy atom. The first-order valence-corrected chi connectivity index (χ1v) is 10.3. The van der Waals surface area contributed by atoms with Gasteiger partial charge in [-0.05, 0) is 12.8 Å². The summed E-state index contributed by atoms with van der Waals surface area (Å²) in [5, 5.41) is 3.39. The second-order valence-corrected chi connectivity index (χ2v) is 8.55. The van der Waals surface area contributed by atoms with Gasteiger partial charge >= 0.3 is 12.4 Å². The van der Waals surface area contributed by atoms with E-state index < -0.39 is 48.2 Å². The topological polar surface area (TPSA) is 68.4 Å². The van der Waals surface area contributed by atoms with Gasteiger partial charge in [0.2, 0.25) is 5.95 Å². The minimum atomic E-state index is -4.84. The normalized spacial score (nSPS) is 25.1. The summed E-state index contributed by atoms with van der Waals surface area (Å²) in [5.74, 6) is -0.0937. The predicted molar refractivity (Wildman–Crippen MR) is 103 cm³/mol. The average molecular weight is 478 g/mol. The van der Waals surface area contributed by atoms with E-state index in [0.717, 1.165) is 26.8 Å². The van der Waals surface area contributed by atoms with Crippen molar-refractivity contribution in [3.8, 4) is 0 Å². The molecule has 180 valence electrons. The highest BCUT2D eigenvalue weighted by molar-refractivity contribution is 5.49. The smallest absolute Gasteiger partial charge is 0.374 e. The fourth-order valence-electron chi connectivity index (χ4n) is 4.88. The molecule has 3 atom stereocenters. The zero-order valence-corrected chi connectivity index (χ0v) is 17.4. The van der Waals surface area contributed by atoms with E-state index in [0.29, 0.717) is 13.2 Å². The second-order valence-electron chi connectivity index (χ2n) is 8.55. The lowest BCUT2D eigenvalue weighted by molar-refractivity contribution is -0.153. The van der Waals surface area contributed by atoms with Crippen molar-refractivity contribution >= 4 is 11.8 Å². The Bertz CT molecular complexity index is 1130. The van der Waals surface area contributed by atoms with E-state index in [1.807, 2.05) is 4.90 Å². The van der Waals surface area contributed by atoms with Crippen LogP contribution < -0.4 is 15.4 Å². The molecule has 2 saturated heterocycles. The van der Waals surface area contributed by atoms with Gasteiger partial charge in [-0.15, -0.1) is 0 Å². The number of halogens is 6. The Labute approximate surface area is 183 Å². The van der Waals surface area contributed by atoms with Gasteiger partial charge in [0.15, 0.2) is 5.69 Å². The van der Waals surface area contributed by atoms with E-state index in [2.05, 4.69) is 10.1 Å². The Morgan fingerprint density at radius 1 is 1.21 bits per heavy atom. The van der Waals surface area contributed by atoms with Crippen molar-refractivity contribution in [3.05, 3.63) is 33.9 Å². The molecule has 0 saturated carbocycles. The first-order chi connectivity index (χ1) is 15.4. The standard InChI is InChI=1S/C19H20F6N6O2/c1-28-6-10(16(27-28)19(23,24)25)7-31-13(18(20,21)22)2-3-29-15(32)5-14(26-17(29)31)30-8-12-4-11(30)9-33-12/h5-6,11-13H,2-4,7-9H2,1H3/t11-,12-,13-/m0/s1. The van der Waals surface area contributed by atoms with Crippen LogP contribution in [0.25, 0.3) is 0 Å². The third kappa shape index (κ3) is 3.83. The molecule has 2 fully saturated rings. The summed E-state index contributed by atoms with van der Waals surface area (Å²) in [6.45, 7) is -0.122. The number of alkyl halides is 6. The number of rotatable bonds is 3. The third-order valence-electron chi connectivity index (χ3n) is 6.32. The molecule has 8 nitrogen and oxygen atoms in total. The van der Waals surface area contributed by atoms with Crippen LogP contribution in [0.1, 0.15) is 24.1 Å². The van der Waals surface area contributed by atoms with Crippen LogP contribution >= 0.6 is 0 Å². The zero-order chi connectivity index (χ0) is 23.7. The molecular weight excluding hydrogens is 458 g/mol. The lowest BCUT2D eigenvalue weighted by atomic mass is 10.1. The number of hydrogen-bond donors (Lipinski definition) is 0. The molecule has 33 heavy (non-hydrogen) atoms. The van der Waals surface area contributed by atoms with Crippen LogP contribution in [0.4, 0.5) is 38.1 Å². The molecule has 5 rings (SSSR count). The lowest BCUT2D eigenvalue weighted by Crippen LogP contribution is -2.52. The number of anilines is 2. The summed E-state index contributed by atoms with van der Waals surface area (Å²) in [7, 11) is 1.26. The lowest BCUT2D eigenvalue weighted by Gasteiger charge is -2.39. The highest BCUT2D eigenvalue weighted by Gasteiger charge is 2.48. The third-order valence-corrected chi connectivity index (χ3v) is 6.32. The van der Waals surface area contributed by atoms with E-state index in [4.69, 9.17) is 4.74 Å². The van der Waals surface area contributed by atoms with E-state index in [1.165, 1.54) is 13.1 Å². The summed E-state index contributed by atoms with van der Waals surface area (Å²) in [4.78, 5) is 19.7. The number of morpholine rings is 1. The van der Waals surface area contributed by atoms with Crippen LogP contribution in [0, 0.1) is 0 Å². The maximum atomic E-state index is 13.9. The van der Waals surface area contributed by atoms with Crippen molar-refractivity contribution in [2.75, 3.05) is 23.0 Å². The monoisotopic (exact) mass is 478 g/mol. The van der Waals surface area contributed by atoms with Crippen molar-refractivity contribution in [1.82, 2.24) is 19.3 Å². The van der Waals surface area contributed by atoms with Gasteiger partial charge in [-0.25, -0.2) is 0 Å². The van der Waals surface area contributed by atoms with Crippen LogP contribution in [-0.4, -0.2) is 56.8 Å². The fraction of sp³-hybridized carbons (Fsp3) is 0.632. The molecule has 0 radical (unpaired) electrons. The van der Waals surface area contributed by atoms with Crippen LogP contribution in [-0.2, 0) is 31.1 Å². The summed E-state index contributed by atoms with van der Waals surface area (Å²) < 4.78 is 89.7. The van der Waals surface area contributed by atoms with Crippen molar-refractivity contribution in [2.24, 2.45) is 7.05 Å². The molecule has 0 aromatic carbocycles. The second kappa shape index (κ2) is 7.37. The molecule has 0 aliphatic carbocycles. The predicted octanol–water partition coefficient (Wildman–Crippen LogP) is 2.31. The largest absolute Gasteiger partial charge is 0.435 e. The minimum Gasteiger partial charge on any atom is -0.374 e. The molecule has 2 aromatic rings. The van der Waals surface area contributed by atoms with Gasteiger partial charge in [-0.2, -0.15) is 36.4 Å². The first kappa shape index (κ1) is 22.0. The molecule has 3 aliphatic heterocycles. The SMILES string of the molecule is Cn1cc(CN2c3nc(N4C[C@@H]5C[C@H]4CO5)cc(=O)n3CC[C@H]2C(F)(F)F)c(C(F)(F)F)n1. The molecule has 5 heterocycles. The molecule has 2 aromatic heterocycles. The van der Waals surface area contributed by atoms with E-state index in [1.54, 1.807) is 0 Å². The van der Waals surface area contributed by atoms with Crippen molar-refractivity contribution in [3.63, 3.8) is 0 Å². The number of fused-ring (bicyclic) bond motifs is 3. The Hall–Kier alpha value is -2.77. The first-order valence-electron chi connectivity index (χ1n) is 10.3. The summed E-state index contributed by atoms with van der Waals surface area (Å²) in [5.41, 5.74) is -2.25. The quantitative estimate of drug-likeness (QED) is 0.631. The fourth-order valence-corrected chi connectivity index (χ4v) is 4.88. The number of aromatic nitrogens is 4. The minimum absolute atomic E-state index is 0.0423. The summed E-state index contributed by atoms with van der Waals surface area (Å²) >= 11 is 0. The number of nitrogens with zero attached hydrogens (tertiary/aromatic N) is 6. The highest BCUT2D eigenvalue weighted by atomic mass is 19.4. The van der Waals surface area contributed by atoms with E-state index >= 15 is 0 Å². The van der Waals surface area contributed by atoms with Crippen LogP contribution in [0.2, 0.25) is 0 Å². The molecule has 0 spiro atoms. The summed E-state index contributed by atoms with van der Waals surface area (Å²) in [6.07, 6.45) is -8.35. The van der Waals surface area contributed by atoms with E-state index in [-0.39, 0.29) is 30.5 Å². The molecule has 14 heteroatoms. The van der Waals surface area contributed by atoms with Crippen molar-refractivity contribution < 1.29 is 31.1 Å². The molecule has 0 N–H and O–H groups in total. The maximum absolute atomic E-state index is 13.9. The maximum Gasteiger partial charge on any atom is 0.435 e. The van der Waals surface area contributed by atoms with Crippen molar-refractivity contribution in [2.45, 2.75) is 56.5 Å². The van der Waals surface area contributed by atoms with Gasteiger partial charge in [-0.3, -0.25) is 14.0 Å². The molecule has 0 amide bonds. The Kier molecular flexibility index (Phi) is 4.92. The molecule has 3 aliphatic rings. The highest BCUT2D eigenvalue weighted by Crippen LogP contribution is 2.38. The Morgan fingerprint density at radius 3 is 2.58 bits per heavy atom. The number of hydrogen-bond acceptors (Lipinski definition) is 6. The zero-order valence-electron chi connectivity index (χ0n) is 17.4. The van der Waals surface area contributed by atoms with Crippen molar-refractivity contribution in [1.29, 1.82) is 0 Å². The van der Waals surface area contributed by atoms with Gasteiger partial charge in [0.05, 0.1) is 25.3 Å². The van der Waals surface area contributed by atoms with Crippen LogP contribution in [0.3, 0.4) is 0 Å². The molecule has 2 bridgehead atoms. The van der Waals surface area contributed by atoms with Crippen LogP contribution in [0.5, 0.6) is 0 Å². The van der Waals surface area contributed by atoms with Gasteiger partial charge in [0.1, 0.15) is 11.9 Å². The average Bonchev–Trinajstić information content (AvgIpc) is 3.42. The number of aryl methyl sites for hydroxylation is 1. The van der Waals surface area contributed by atoms with Gasteiger partial charge in [-0.1, -0.05) is 0 Å². The number of ether oxygens (including phenoxy) is 1. The van der Waals surface area contributed by atoms with Gasteiger partial charge < -0.3 is 14.5 Å². The summed E-state index contributed by atoms with van der Waals surface area (Å²) in [6, 6.07) is -0.878. The Balaban J connectivity index is 1.59. The van der Waals surface area contributed by atoms with Gasteiger partial charge in [0.25, 0.3) is 5.56 Å². The van der Waals surface area contributed by atoms with Gasteiger partial charge in [0, 0.05) is 38.0 Å². The molecule has 0 unspecified atom stereocenters. The molecular formula is C19H20F6N6O2. The van der Waals surface area contributed by atoms with E-state index in [9.17, 15) is 31.1 Å². The van der Waals surface area contributed by atoms with Crippen LogP contribution in [0.15, 0.2) is 17.1 Å².